The van der Waals surface area contributed by atoms with E-state index in [4.69, 9.17) is 0 Å². The average molecular weight is 298 g/mol. The van der Waals surface area contributed by atoms with E-state index in [-0.39, 0.29) is 5.91 Å². The van der Waals surface area contributed by atoms with Gasteiger partial charge in [-0.1, -0.05) is 0 Å². The number of pyridine rings is 1. The van der Waals surface area contributed by atoms with Crippen molar-refractivity contribution in [3.63, 3.8) is 0 Å². The molecule has 2 aliphatic rings. The Hall–Kier alpha value is -2.62. The van der Waals surface area contributed by atoms with Crippen molar-refractivity contribution in [1.29, 1.82) is 5.26 Å². The van der Waals surface area contributed by atoms with Gasteiger partial charge in [-0.2, -0.15) is 5.26 Å². The molecule has 1 amide bonds. The minimum absolute atomic E-state index is 0.0302. The van der Waals surface area contributed by atoms with Crippen molar-refractivity contribution < 1.29 is 4.79 Å². The first kappa shape index (κ1) is 14.3. The quantitative estimate of drug-likeness (QED) is 0.808. The summed E-state index contributed by atoms with van der Waals surface area (Å²) >= 11 is 0. The predicted molar refractivity (Wildman–Crippen MR) is 82.4 cm³/mol. The number of rotatable bonds is 1. The van der Waals surface area contributed by atoms with Crippen LogP contribution in [0.4, 0.5) is 5.82 Å². The molecular formula is C15H18N6O. The smallest absolute Gasteiger partial charge is 0.254 e. The SMILES string of the molecule is CN(C)C1=NC2(CCN(c3ncccc3C#N)CC2)C(=O)N1. The van der Waals surface area contributed by atoms with Crippen molar-refractivity contribution >= 4 is 17.7 Å². The first-order valence-electron chi connectivity index (χ1n) is 7.24. The Labute approximate surface area is 129 Å². The molecule has 7 nitrogen and oxygen atoms in total. The normalized spacial score (nSPS) is 19.6. The van der Waals surface area contributed by atoms with E-state index in [0.717, 1.165) is 0 Å². The summed E-state index contributed by atoms with van der Waals surface area (Å²) < 4.78 is 0. The third-order valence-electron chi connectivity index (χ3n) is 4.19. The summed E-state index contributed by atoms with van der Waals surface area (Å²) in [6, 6.07) is 5.68. The van der Waals surface area contributed by atoms with E-state index >= 15 is 0 Å². The van der Waals surface area contributed by atoms with Crippen molar-refractivity contribution in [3.05, 3.63) is 23.9 Å². The zero-order chi connectivity index (χ0) is 15.7. The number of anilines is 1. The Morgan fingerprint density at radius 3 is 2.73 bits per heavy atom. The lowest BCUT2D eigenvalue weighted by molar-refractivity contribution is -0.124. The number of hydrogen-bond donors (Lipinski definition) is 1. The van der Waals surface area contributed by atoms with Crippen LogP contribution in [0.5, 0.6) is 0 Å². The van der Waals surface area contributed by atoms with Gasteiger partial charge in [0.05, 0.1) is 5.56 Å². The number of carbonyl (C=O) groups is 1. The number of nitrogens with zero attached hydrogens (tertiary/aromatic N) is 5. The second kappa shape index (κ2) is 5.30. The highest BCUT2D eigenvalue weighted by atomic mass is 16.2. The Kier molecular flexibility index (Phi) is 3.45. The molecule has 1 saturated heterocycles. The summed E-state index contributed by atoms with van der Waals surface area (Å²) in [5.41, 5.74) is -0.107. The number of amides is 1. The van der Waals surface area contributed by atoms with E-state index < -0.39 is 5.54 Å². The summed E-state index contributed by atoms with van der Waals surface area (Å²) in [6.45, 7) is 1.31. The molecule has 3 heterocycles. The Morgan fingerprint density at radius 2 is 2.14 bits per heavy atom. The zero-order valence-corrected chi connectivity index (χ0v) is 12.7. The van der Waals surface area contributed by atoms with Gasteiger partial charge in [-0.3, -0.25) is 10.1 Å². The Bertz CT molecular complexity index is 667. The largest absolute Gasteiger partial charge is 0.355 e. The summed E-state index contributed by atoms with van der Waals surface area (Å²) in [5.74, 6) is 1.28. The maximum atomic E-state index is 12.3. The van der Waals surface area contributed by atoms with E-state index in [1.807, 2.05) is 19.0 Å². The molecule has 1 fully saturated rings. The lowest BCUT2D eigenvalue weighted by Crippen LogP contribution is -2.49. The number of nitriles is 1. The topological polar surface area (TPSA) is 84.6 Å². The van der Waals surface area contributed by atoms with E-state index in [2.05, 4.69) is 26.3 Å². The lowest BCUT2D eigenvalue weighted by Gasteiger charge is -2.36. The van der Waals surface area contributed by atoms with Gasteiger partial charge in [0.25, 0.3) is 5.91 Å². The molecule has 114 valence electrons. The van der Waals surface area contributed by atoms with Gasteiger partial charge in [0, 0.05) is 33.4 Å². The van der Waals surface area contributed by atoms with Crippen LogP contribution in [0.1, 0.15) is 18.4 Å². The van der Waals surface area contributed by atoms with Crippen molar-refractivity contribution in [1.82, 2.24) is 15.2 Å². The van der Waals surface area contributed by atoms with Crippen molar-refractivity contribution in [2.45, 2.75) is 18.4 Å². The lowest BCUT2D eigenvalue weighted by atomic mass is 9.88. The van der Waals surface area contributed by atoms with Crippen LogP contribution in [0.25, 0.3) is 0 Å². The molecular weight excluding hydrogens is 280 g/mol. The number of carbonyl (C=O) groups excluding carboxylic acids is 1. The molecule has 0 radical (unpaired) electrons. The van der Waals surface area contributed by atoms with Crippen molar-refractivity contribution in [2.24, 2.45) is 4.99 Å². The van der Waals surface area contributed by atoms with Crippen LogP contribution in [0.15, 0.2) is 23.3 Å². The number of piperidine rings is 1. The third-order valence-corrected chi connectivity index (χ3v) is 4.19. The van der Waals surface area contributed by atoms with Gasteiger partial charge in [0.2, 0.25) is 5.96 Å². The standard InChI is InChI=1S/C15H18N6O/c1-20(2)14-18-13(22)15(19-14)5-8-21(9-6-15)12-11(10-16)4-3-7-17-12/h3-4,7H,5-6,8-9H2,1-2H3,(H,18,19,22). The Morgan fingerprint density at radius 1 is 1.41 bits per heavy atom. The monoisotopic (exact) mass is 298 g/mol. The van der Waals surface area contributed by atoms with Gasteiger partial charge in [-0.05, 0) is 25.0 Å². The second-order valence-electron chi connectivity index (χ2n) is 5.79. The first-order chi connectivity index (χ1) is 10.6. The summed E-state index contributed by atoms with van der Waals surface area (Å²) in [7, 11) is 3.72. The maximum Gasteiger partial charge on any atom is 0.254 e. The van der Waals surface area contributed by atoms with Crippen molar-refractivity contribution in [3.8, 4) is 6.07 Å². The summed E-state index contributed by atoms with van der Waals surface area (Å²) in [4.78, 5) is 25.1. The van der Waals surface area contributed by atoms with Crippen LogP contribution >= 0.6 is 0 Å². The van der Waals surface area contributed by atoms with E-state index in [1.165, 1.54) is 0 Å². The van der Waals surface area contributed by atoms with Gasteiger partial charge >= 0.3 is 0 Å². The van der Waals surface area contributed by atoms with Gasteiger partial charge in [-0.15, -0.1) is 0 Å². The van der Waals surface area contributed by atoms with Crippen LogP contribution in [0, 0.1) is 11.3 Å². The van der Waals surface area contributed by atoms with Crippen LogP contribution in [0.2, 0.25) is 0 Å². The van der Waals surface area contributed by atoms with Crippen LogP contribution in [0.3, 0.4) is 0 Å². The molecule has 3 rings (SSSR count). The second-order valence-corrected chi connectivity index (χ2v) is 5.79. The first-order valence-corrected chi connectivity index (χ1v) is 7.24. The molecule has 1 spiro atoms. The number of aliphatic imine (C=N–C) groups is 1. The van der Waals surface area contributed by atoms with Crippen molar-refractivity contribution in [2.75, 3.05) is 32.1 Å². The van der Waals surface area contributed by atoms with E-state index in [0.29, 0.717) is 43.3 Å². The number of guanidine groups is 1. The van der Waals surface area contributed by atoms with Crippen LogP contribution in [-0.2, 0) is 4.79 Å². The molecule has 1 aromatic heterocycles. The third kappa shape index (κ3) is 2.26. The molecule has 0 atom stereocenters. The predicted octanol–water partition coefficient (Wildman–Crippen LogP) is 0.340. The molecule has 1 N–H and O–H groups in total. The van der Waals surface area contributed by atoms with Gasteiger partial charge in [0.15, 0.2) is 0 Å². The average Bonchev–Trinajstić information content (AvgIpc) is 2.85. The van der Waals surface area contributed by atoms with Gasteiger partial charge < -0.3 is 9.80 Å². The minimum atomic E-state index is -0.669. The molecule has 0 aromatic carbocycles. The van der Waals surface area contributed by atoms with Crippen LogP contribution < -0.4 is 10.2 Å². The van der Waals surface area contributed by atoms with E-state index in [1.54, 1.807) is 18.3 Å². The highest BCUT2D eigenvalue weighted by Crippen LogP contribution is 2.32. The number of aromatic nitrogens is 1. The molecule has 0 bridgehead atoms. The maximum absolute atomic E-state index is 12.3. The number of nitrogens with one attached hydrogen (secondary N) is 1. The molecule has 1 aromatic rings. The molecule has 2 aliphatic heterocycles. The van der Waals surface area contributed by atoms with Gasteiger partial charge in [0.1, 0.15) is 17.4 Å². The highest BCUT2D eigenvalue weighted by molar-refractivity contribution is 6.07. The number of hydrogen-bond acceptors (Lipinski definition) is 6. The molecule has 7 heteroatoms. The molecule has 0 unspecified atom stereocenters. The molecule has 0 saturated carbocycles. The Balaban J connectivity index is 1.79. The summed E-state index contributed by atoms with van der Waals surface area (Å²) in [6.07, 6.45) is 2.93. The fourth-order valence-corrected chi connectivity index (χ4v) is 2.87. The minimum Gasteiger partial charge on any atom is -0.355 e. The van der Waals surface area contributed by atoms with Crippen LogP contribution in [-0.4, -0.2) is 54.5 Å². The molecule has 22 heavy (non-hydrogen) atoms. The van der Waals surface area contributed by atoms with E-state index in [9.17, 15) is 10.1 Å². The molecule has 0 aliphatic carbocycles. The van der Waals surface area contributed by atoms with Gasteiger partial charge in [-0.25, -0.2) is 9.98 Å². The zero-order valence-electron chi connectivity index (χ0n) is 12.7. The highest BCUT2D eigenvalue weighted by Gasteiger charge is 2.46. The fourth-order valence-electron chi connectivity index (χ4n) is 2.87. The summed E-state index contributed by atoms with van der Waals surface area (Å²) in [5, 5.41) is 12.0. The fraction of sp³-hybridized carbons (Fsp3) is 0.467.